The van der Waals surface area contributed by atoms with E-state index < -0.39 is 17.8 Å². The quantitative estimate of drug-likeness (QED) is 0.828. The summed E-state index contributed by atoms with van der Waals surface area (Å²) in [4.78, 5) is 15.6. The van der Waals surface area contributed by atoms with Crippen molar-refractivity contribution in [1.29, 1.82) is 0 Å². The number of hydroxylamine groups is 1. The summed E-state index contributed by atoms with van der Waals surface area (Å²) in [5, 5.41) is 10.2. The lowest BCUT2D eigenvalue weighted by Gasteiger charge is -2.26. The Labute approximate surface area is 125 Å². The predicted molar refractivity (Wildman–Crippen MR) is 76.4 cm³/mol. The molecule has 7 heteroatoms. The Kier molecular flexibility index (Phi) is 3.51. The number of nitrogens with zero attached hydrogens (tertiary/aromatic N) is 2. The number of aromatic nitrogens is 1. The van der Waals surface area contributed by atoms with Crippen molar-refractivity contribution in [2.45, 2.75) is 19.4 Å². The highest BCUT2D eigenvalue weighted by Crippen LogP contribution is 2.30. The van der Waals surface area contributed by atoms with Gasteiger partial charge in [0.05, 0.1) is 12.2 Å². The molecule has 22 heavy (non-hydrogen) atoms. The highest BCUT2D eigenvalue weighted by molar-refractivity contribution is 5.97. The maximum atomic E-state index is 13.3. The Morgan fingerprint density at radius 3 is 3.00 bits per heavy atom. The van der Waals surface area contributed by atoms with Crippen molar-refractivity contribution in [3.8, 4) is 11.5 Å². The Bertz CT molecular complexity index is 751. The third-order valence-electron chi connectivity index (χ3n) is 3.46. The zero-order valence-corrected chi connectivity index (χ0v) is 11.8. The highest BCUT2D eigenvalue weighted by Gasteiger charge is 2.31. The van der Waals surface area contributed by atoms with Gasteiger partial charge in [-0.3, -0.25) is 10.0 Å². The number of ether oxygens (including phenoxy) is 1. The topological polar surface area (TPSA) is 88.7 Å². The van der Waals surface area contributed by atoms with E-state index in [4.69, 9.17) is 10.5 Å². The van der Waals surface area contributed by atoms with Gasteiger partial charge in [0, 0.05) is 18.1 Å². The van der Waals surface area contributed by atoms with Gasteiger partial charge in [-0.2, -0.15) is 5.06 Å². The second-order valence-electron chi connectivity index (χ2n) is 5.13. The highest BCUT2D eigenvalue weighted by atomic mass is 19.1. The molecule has 0 bridgehead atoms. The molecule has 1 amide bonds. The predicted octanol–water partition coefficient (Wildman–Crippen LogP) is 1.93. The average Bonchev–Trinajstić information content (AvgIpc) is 2.48. The van der Waals surface area contributed by atoms with Gasteiger partial charge < -0.3 is 10.5 Å². The third kappa shape index (κ3) is 2.51. The second-order valence-corrected chi connectivity index (χ2v) is 5.13. The van der Waals surface area contributed by atoms with E-state index in [0.717, 1.165) is 5.56 Å². The molecule has 1 aromatic heterocycles. The molecule has 0 saturated carbocycles. The molecular weight excluding hydrogens is 289 g/mol. The van der Waals surface area contributed by atoms with Crippen LogP contribution in [0.15, 0.2) is 30.5 Å². The van der Waals surface area contributed by atoms with E-state index in [1.807, 2.05) is 0 Å². The van der Waals surface area contributed by atoms with Gasteiger partial charge in [0.1, 0.15) is 17.3 Å². The van der Waals surface area contributed by atoms with Crippen molar-refractivity contribution in [3.05, 3.63) is 47.4 Å². The number of aryl methyl sites for hydroxylation is 1. The van der Waals surface area contributed by atoms with Gasteiger partial charge in [-0.25, -0.2) is 9.37 Å². The number of benzene rings is 1. The normalized spacial score (nSPS) is 17.4. The van der Waals surface area contributed by atoms with Crippen LogP contribution in [0.3, 0.4) is 0 Å². The molecule has 114 valence electrons. The molecule has 3 rings (SSSR count). The van der Waals surface area contributed by atoms with Crippen molar-refractivity contribution in [3.63, 3.8) is 0 Å². The first-order valence-electron chi connectivity index (χ1n) is 6.67. The number of pyridine rings is 1. The van der Waals surface area contributed by atoms with Crippen LogP contribution in [0, 0.1) is 12.7 Å². The average molecular weight is 303 g/mol. The Balaban J connectivity index is 1.93. The van der Waals surface area contributed by atoms with Crippen LogP contribution in [-0.2, 0) is 11.2 Å². The molecule has 1 aromatic carbocycles. The zero-order chi connectivity index (χ0) is 15.9. The summed E-state index contributed by atoms with van der Waals surface area (Å²) in [6, 6.07) is 5.04. The molecule has 0 saturated heterocycles. The first-order chi connectivity index (χ1) is 10.5. The molecule has 0 unspecified atom stereocenters. The molecule has 0 spiro atoms. The molecule has 0 fully saturated rings. The summed E-state index contributed by atoms with van der Waals surface area (Å²) in [6.45, 7) is 1.80. The number of anilines is 1. The summed E-state index contributed by atoms with van der Waals surface area (Å²) in [7, 11) is 0. The number of hydrogen-bond acceptors (Lipinski definition) is 5. The summed E-state index contributed by atoms with van der Waals surface area (Å²) in [6.07, 6.45) is 1.61. The SMILES string of the molecule is Cc1ccc(F)cc1Oc1cnc2c(c1)C[C@H](N)C(=O)N2O. The Hall–Kier alpha value is -2.51. The summed E-state index contributed by atoms with van der Waals surface area (Å²) < 4.78 is 18.9. The lowest BCUT2D eigenvalue weighted by atomic mass is 10.0. The second kappa shape index (κ2) is 5.36. The van der Waals surface area contributed by atoms with Crippen LogP contribution in [0.4, 0.5) is 10.2 Å². The zero-order valence-electron chi connectivity index (χ0n) is 11.8. The van der Waals surface area contributed by atoms with Crippen LogP contribution < -0.4 is 15.5 Å². The number of carbonyl (C=O) groups is 1. The minimum absolute atomic E-state index is 0.134. The molecule has 0 aliphatic carbocycles. The minimum atomic E-state index is -0.828. The summed E-state index contributed by atoms with van der Waals surface area (Å²) in [5.74, 6) is -0.119. The van der Waals surface area contributed by atoms with E-state index in [-0.39, 0.29) is 12.2 Å². The van der Waals surface area contributed by atoms with E-state index in [0.29, 0.717) is 22.1 Å². The molecule has 1 atom stereocenters. The maximum Gasteiger partial charge on any atom is 0.269 e. The molecule has 2 aromatic rings. The van der Waals surface area contributed by atoms with Crippen LogP contribution in [0.5, 0.6) is 11.5 Å². The van der Waals surface area contributed by atoms with Crippen LogP contribution >= 0.6 is 0 Å². The largest absolute Gasteiger partial charge is 0.455 e. The summed E-state index contributed by atoms with van der Waals surface area (Å²) in [5.41, 5.74) is 7.02. The Morgan fingerprint density at radius 1 is 1.45 bits per heavy atom. The number of halogens is 1. The van der Waals surface area contributed by atoms with Crippen molar-refractivity contribution in [2.24, 2.45) is 5.73 Å². The maximum absolute atomic E-state index is 13.3. The van der Waals surface area contributed by atoms with Gasteiger partial charge in [-0.15, -0.1) is 0 Å². The molecule has 0 radical (unpaired) electrons. The fraction of sp³-hybridized carbons (Fsp3) is 0.200. The molecule has 3 N–H and O–H groups in total. The Morgan fingerprint density at radius 2 is 2.23 bits per heavy atom. The van der Waals surface area contributed by atoms with E-state index in [2.05, 4.69) is 4.98 Å². The fourth-order valence-electron chi connectivity index (χ4n) is 2.27. The fourth-order valence-corrected chi connectivity index (χ4v) is 2.27. The van der Waals surface area contributed by atoms with Gasteiger partial charge >= 0.3 is 0 Å². The first kappa shape index (κ1) is 14.4. The van der Waals surface area contributed by atoms with Gasteiger partial charge in [0.15, 0.2) is 5.82 Å². The van der Waals surface area contributed by atoms with Gasteiger partial charge in [-0.05, 0) is 24.6 Å². The van der Waals surface area contributed by atoms with Gasteiger partial charge in [0.2, 0.25) is 0 Å². The monoisotopic (exact) mass is 303 g/mol. The van der Waals surface area contributed by atoms with Crippen LogP contribution in [0.2, 0.25) is 0 Å². The number of hydrogen-bond donors (Lipinski definition) is 2. The molecular formula is C15H14FN3O3. The smallest absolute Gasteiger partial charge is 0.269 e. The third-order valence-corrected chi connectivity index (χ3v) is 3.46. The number of carbonyl (C=O) groups excluding carboxylic acids is 1. The molecule has 6 nitrogen and oxygen atoms in total. The van der Waals surface area contributed by atoms with E-state index in [1.165, 1.54) is 18.3 Å². The summed E-state index contributed by atoms with van der Waals surface area (Å²) >= 11 is 0. The molecule has 1 aliphatic rings. The lowest BCUT2D eigenvalue weighted by molar-refractivity contribution is -0.125. The minimum Gasteiger partial charge on any atom is -0.455 e. The van der Waals surface area contributed by atoms with Gasteiger partial charge in [0.25, 0.3) is 5.91 Å². The van der Waals surface area contributed by atoms with E-state index >= 15 is 0 Å². The number of fused-ring (bicyclic) bond motifs is 1. The molecule has 1 aliphatic heterocycles. The molecule has 2 heterocycles. The standard InChI is InChI=1S/C15H14FN3O3/c1-8-2-3-10(16)6-13(8)22-11-4-9-5-12(17)15(20)19(21)14(9)18-7-11/h2-4,6-7,12,21H,5,17H2,1H3/t12-/m0/s1. The number of rotatable bonds is 2. The van der Waals surface area contributed by atoms with E-state index in [9.17, 15) is 14.4 Å². The first-order valence-corrected chi connectivity index (χ1v) is 6.67. The van der Waals surface area contributed by atoms with Crippen molar-refractivity contribution >= 4 is 11.7 Å². The van der Waals surface area contributed by atoms with Crippen LogP contribution in [0.25, 0.3) is 0 Å². The van der Waals surface area contributed by atoms with E-state index in [1.54, 1.807) is 19.1 Å². The van der Waals surface area contributed by atoms with Crippen molar-refractivity contribution in [2.75, 3.05) is 5.06 Å². The number of amides is 1. The van der Waals surface area contributed by atoms with Crippen molar-refractivity contribution in [1.82, 2.24) is 4.98 Å². The van der Waals surface area contributed by atoms with Gasteiger partial charge in [-0.1, -0.05) is 6.07 Å². The number of nitrogens with two attached hydrogens (primary N) is 1. The van der Waals surface area contributed by atoms with Crippen LogP contribution in [-0.4, -0.2) is 22.1 Å². The van der Waals surface area contributed by atoms with Crippen LogP contribution in [0.1, 0.15) is 11.1 Å². The lowest BCUT2D eigenvalue weighted by Crippen LogP contribution is -2.47. The van der Waals surface area contributed by atoms with Crippen molar-refractivity contribution < 1.29 is 19.1 Å².